The van der Waals surface area contributed by atoms with Gasteiger partial charge in [0.2, 0.25) is 0 Å². The van der Waals surface area contributed by atoms with Crippen molar-refractivity contribution in [2.24, 2.45) is 0 Å². The van der Waals surface area contributed by atoms with Crippen LogP contribution in [0.4, 0.5) is 4.39 Å². The number of fused-ring (bicyclic) bond motifs is 1. The quantitative estimate of drug-likeness (QED) is 0.769. The van der Waals surface area contributed by atoms with E-state index in [1.165, 1.54) is 12.1 Å². The van der Waals surface area contributed by atoms with Crippen molar-refractivity contribution in [1.29, 1.82) is 0 Å². The molecular weight excluding hydrogens is 213 g/mol. The van der Waals surface area contributed by atoms with Crippen LogP contribution >= 0.6 is 0 Å². The number of benzene rings is 1. The van der Waals surface area contributed by atoms with Crippen LogP contribution in [-0.2, 0) is 0 Å². The smallest absolute Gasteiger partial charge is 0.341 e. The summed E-state index contributed by atoms with van der Waals surface area (Å²) in [6.45, 7) is 1.69. The summed E-state index contributed by atoms with van der Waals surface area (Å²) in [7, 11) is 0. The highest BCUT2D eigenvalue weighted by atomic mass is 19.1. The second-order valence-electron chi connectivity index (χ2n) is 3.53. The average Bonchev–Trinajstić information content (AvgIpc) is 2.18. The lowest BCUT2D eigenvalue weighted by atomic mass is 10.1. The Morgan fingerprint density at radius 1 is 1.38 bits per heavy atom. The Hall–Kier alpha value is -2.17. The first-order valence-corrected chi connectivity index (χ1v) is 4.55. The summed E-state index contributed by atoms with van der Waals surface area (Å²) in [6.07, 6.45) is 0. The van der Waals surface area contributed by atoms with Gasteiger partial charge in [-0.2, -0.15) is 0 Å². The van der Waals surface area contributed by atoms with Crippen molar-refractivity contribution in [2.45, 2.75) is 6.92 Å². The van der Waals surface area contributed by atoms with Gasteiger partial charge in [0.1, 0.15) is 11.4 Å². The Kier molecular flexibility index (Phi) is 2.23. The molecule has 82 valence electrons. The minimum Gasteiger partial charge on any atom is -0.477 e. The summed E-state index contributed by atoms with van der Waals surface area (Å²) in [5.41, 5.74) is -0.505. The molecule has 1 aromatic carbocycles. The molecule has 2 rings (SSSR count). The number of aromatic nitrogens is 1. The van der Waals surface area contributed by atoms with E-state index in [4.69, 9.17) is 5.11 Å². The largest absolute Gasteiger partial charge is 0.477 e. The molecule has 0 fully saturated rings. The number of aromatic carboxylic acids is 1. The third kappa shape index (κ3) is 1.56. The summed E-state index contributed by atoms with van der Waals surface area (Å²) in [6, 6.07) is 4.06. The maximum atomic E-state index is 13.4. The van der Waals surface area contributed by atoms with Crippen molar-refractivity contribution in [2.75, 3.05) is 0 Å². The van der Waals surface area contributed by atoms with Gasteiger partial charge >= 0.3 is 5.97 Å². The fraction of sp³-hybridized carbons (Fsp3) is 0.0909. The first-order chi connectivity index (χ1) is 7.49. The van der Waals surface area contributed by atoms with E-state index in [2.05, 4.69) is 4.98 Å². The van der Waals surface area contributed by atoms with Crippen molar-refractivity contribution in [3.63, 3.8) is 0 Å². The van der Waals surface area contributed by atoms with Crippen molar-refractivity contribution < 1.29 is 14.3 Å². The summed E-state index contributed by atoms with van der Waals surface area (Å²) in [4.78, 5) is 24.3. The predicted octanol–water partition coefficient (Wildman–Crippen LogP) is 1.67. The molecule has 0 saturated carbocycles. The molecule has 1 aromatic heterocycles. The van der Waals surface area contributed by atoms with Gasteiger partial charge in [-0.05, 0) is 30.7 Å². The number of H-pyrrole nitrogens is 1. The van der Waals surface area contributed by atoms with Gasteiger partial charge in [-0.3, -0.25) is 4.79 Å². The van der Waals surface area contributed by atoms with Crippen LogP contribution in [0.15, 0.2) is 23.0 Å². The molecule has 0 amide bonds. The Morgan fingerprint density at radius 2 is 2.06 bits per heavy atom. The van der Waals surface area contributed by atoms with Gasteiger partial charge < -0.3 is 10.1 Å². The number of halogens is 1. The topological polar surface area (TPSA) is 70.2 Å². The second-order valence-corrected chi connectivity index (χ2v) is 3.53. The van der Waals surface area contributed by atoms with E-state index < -0.39 is 22.9 Å². The SMILES string of the molecule is Cc1cc(F)c2[nH]c(=O)c(C(=O)O)cc2c1. The zero-order valence-corrected chi connectivity index (χ0v) is 8.37. The Bertz CT molecular complexity index is 645. The fourth-order valence-corrected chi connectivity index (χ4v) is 1.58. The highest BCUT2D eigenvalue weighted by Gasteiger charge is 2.12. The molecule has 16 heavy (non-hydrogen) atoms. The molecule has 5 heteroatoms. The van der Waals surface area contributed by atoms with Crippen molar-refractivity contribution in [3.8, 4) is 0 Å². The number of hydrogen-bond donors (Lipinski definition) is 2. The molecule has 0 saturated heterocycles. The first kappa shape index (κ1) is 10.4. The maximum Gasteiger partial charge on any atom is 0.341 e. The number of hydrogen-bond acceptors (Lipinski definition) is 2. The van der Waals surface area contributed by atoms with Gasteiger partial charge in [-0.15, -0.1) is 0 Å². The normalized spacial score (nSPS) is 10.6. The number of carboxylic acid groups (broad SMARTS) is 1. The highest BCUT2D eigenvalue weighted by molar-refractivity contribution is 5.92. The molecule has 0 radical (unpaired) electrons. The second kappa shape index (κ2) is 3.44. The number of nitrogens with one attached hydrogen (secondary N) is 1. The van der Waals surface area contributed by atoms with Crippen molar-refractivity contribution >= 4 is 16.9 Å². The standard InChI is InChI=1S/C11H8FNO3/c1-5-2-6-4-7(11(15)16)10(14)13-9(6)8(12)3-5/h2-4H,1H3,(H,13,14)(H,15,16). The molecular formula is C11H8FNO3. The maximum absolute atomic E-state index is 13.4. The molecule has 0 bridgehead atoms. The lowest BCUT2D eigenvalue weighted by Gasteiger charge is -2.02. The van der Waals surface area contributed by atoms with Crippen LogP contribution in [0.3, 0.4) is 0 Å². The van der Waals surface area contributed by atoms with Crippen LogP contribution in [0.5, 0.6) is 0 Å². The zero-order valence-electron chi connectivity index (χ0n) is 8.37. The summed E-state index contributed by atoms with van der Waals surface area (Å²) in [5.74, 6) is -1.89. The van der Waals surface area contributed by atoms with Gasteiger partial charge in [0.25, 0.3) is 5.56 Å². The van der Waals surface area contributed by atoms with Gasteiger partial charge in [0.05, 0.1) is 5.52 Å². The number of aryl methyl sites for hydroxylation is 1. The van der Waals surface area contributed by atoms with E-state index in [0.717, 1.165) is 0 Å². The Labute approximate surface area is 89.3 Å². The molecule has 2 aromatic rings. The van der Waals surface area contributed by atoms with E-state index in [9.17, 15) is 14.0 Å². The third-order valence-corrected chi connectivity index (χ3v) is 2.28. The minimum absolute atomic E-state index is 0.0283. The zero-order chi connectivity index (χ0) is 11.9. The van der Waals surface area contributed by atoms with Gasteiger partial charge in [-0.25, -0.2) is 9.18 Å². The Balaban J connectivity index is 2.90. The molecule has 0 unspecified atom stereocenters. The molecule has 0 aliphatic rings. The van der Waals surface area contributed by atoms with Gasteiger partial charge in [-0.1, -0.05) is 0 Å². The van der Waals surface area contributed by atoms with Crippen LogP contribution in [0.2, 0.25) is 0 Å². The highest BCUT2D eigenvalue weighted by Crippen LogP contribution is 2.17. The molecule has 4 nitrogen and oxygen atoms in total. The lowest BCUT2D eigenvalue weighted by molar-refractivity contribution is 0.0695. The van der Waals surface area contributed by atoms with Crippen LogP contribution in [0, 0.1) is 12.7 Å². The first-order valence-electron chi connectivity index (χ1n) is 4.55. The molecule has 0 aliphatic heterocycles. The van der Waals surface area contributed by atoms with Crippen LogP contribution < -0.4 is 5.56 Å². The summed E-state index contributed by atoms with van der Waals surface area (Å²) in [5, 5.41) is 9.12. The van der Waals surface area contributed by atoms with Crippen molar-refractivity contribution in [1.82, 2.24) is 4.98 Å². The van der Waals surface area contributed by atoms with E-state index in [1.807, 2.05) is 0 Å². The van der Waals surface area contributed by atoms with Crippen LogP contribution in [-0.4, -0.2) is 16.1 Å². The Morgan fingerprint density at radius 3 is 2.69 bits per heavy atom. The summed E-state index contributed by atoms with van der Waals surface area (Å²) < 4.78 is 13.4. The summed E-state index contributed by atoms with van der Waals surface area (Å²) >= 11 is 0. The van der Waals surface area contributed by atoms with Crippen LogP contribution in [0.1, 0.15) is 15.9 Å². The van der Waals surface area contributed by atoms with E-state index >= 15 is 0 Å². The third-order valence-electron chi connectivity index (χ3n) is 2.28. The fourth-order valence-electron chi connectivity index (χ4n) is 1.58. The number of pyridine rings is 1. The van der Waals surface area contributed by atoms with Crippen molar-refractivity contribution in [3.05, 3.63) is 45.5 Å². The molecule has 1 heterocycles. The average molecular weight is 221 g/mol. The number of rotatable bonds is 1. The van der Waals surface area contributed by atoms with Gasteiger partial charge in [0.15, 0.2) is 0 Å². The molecule has 0 aliphatic carbocycles. The van der Waals surface area contributed by atoms with E-state index in [-0.39, 0.29) is 5.52 Å². The van der Waals surface area contributed by atoms with E-state index in [1.54, 1.807) is 13.0 Å². The minimum atomic E-state index is -1.33. The number of carbonyl (C=O) groups is 1. The van der Waals surface area contributed by atoms with Gasteiger partial charge in [0, 0.05) is 5.39 Å². The van der Waals surface area contributed by atoms with E-state index in [0.29, 0.717) is 10.9 Å². The van der Waals surface area contributed by atoms with Crippen LogP contribution in [0.25, 0.3) is 10.9 Å². The number of carboxylic acids is 1. The molecule has 0 spiro atoms. The number of aromatic amines is 1. The molecule has 0 atom stereocenters. The monoisotopic (exact) mass is 221 g/mol. The molecule has 2 N–H and O–H groups in total. The predicted molar refractivity (Wildman–Crippen MR) is 56.2 cm³/mol. The lowest BCUT2D eigenvalue weighted by Crippen LogP contribution is -2.17.